The molecule has 1 aromatic carbocycles. The summed E-state index contributed by atoms with van der Waals surface area (Å²) in [5.41, 5.74) is 2.11. The number of thiazole rings is 1. The average Bonchev–Trinajstić information content (AvgIpc) is 2.86. The second kappa shape index (κ2) is 4.73. The van der Waals surface area contributed by atoms with E-state index in [-0.39, 0.29) is 11.5 Å². The number of nitrogens with zero attached hydrogens (tertiary/aromatic N) is 1. The number of hydrogen-bond acceptors (Lipinski definition) is 3. The lowest BCUT2D eigenvalue weighted by atomic mass is 9.85. The van der Waals surface area contributed by atoms with Crippen LogP contribution in [0, 0.1) is 0 Å². The summed E-state index contributed by atoms with van der Waals surface area (Å²) in [7, 11) is 0. The molecule has 1 atom stereocenters. The Kier molecular flexibility index (Phi) is 3.19. The average molecular weight is 273 g/mol. The van der Waals surface area contributed by atoms with Crippen LogP contribution in [-0.2, 0) is 11.8 Å². The first-order valence-corrected chi connectivity index (χ1v) is 7.64. The number of aromatic nitrogens is 1. The van der Waals surface area contributed by atoms with E-state index in [0.29, 0.717) is 0 Å². The third-order valence-corrected chi connectivity index (χ3v) is 5.41. The van der Waals surface area contributed by atoms with Crippen molar-refractivity contribution in [1.82, 2.24) is 4.98 Å². The van der Waals surface area contributed by atoms with Crippen molar-refractivity contribution in [3.63, 3.8) is 0 Å². The molecule has 2 nitrogen and oxygen atoms in total. The number of hydrogen-bond donors (Lipinski definition) is 1. The lowest BCUT2D eigenvalue weighted by Crippen LogP contribution is -2.18. The fraction of sp³-hybridized carbons (Fsp3) is 0.438. The normalized spacial score (nSPS) is 19.2. The van der Waals surface area contributed by atoms with Gasteiger partial charge in [-0.1, -0.05) is 30.3 Å². The number of aryl methyl sites for hydroxylation is 1. The van der Waals surface area contributed by atoms with Crippen LogP contribution < -0.4 is 0 Å². The highest BCUT2D eigenvalue weighted by molar-refractivity contribution is 7.12. The van der Waals surface area contributed by atoms with Gasteiger partial charge < -0.3 is 5.11 Å². The van der Waals surface area contributed by atoms with Gasteiger partial charge in [-0.05, 0) is 38.7 Å². The van der Waals surface area contributed by atoms with E-state index in [2.05, 4.69) is 38.1 Å². The van der Waals surface area contributed by atoms with Crippen molar-refractivity contribution in [2.75, 3.05) is 0 Å². The van der Waals surface area contributed by atoms with Crippen molar-refractivity contribution in [3.8, 4) is 0 Å². The fourth-order valence-corrected chi connectivity index (χ4v) is 3.92. The minimum Gasteiger partial charge on any atom is -0.387 e. The van der Waals surface area contributed by atoms with Crippen LogP contribution in [0.2, 0.25) is 0 Å². The standard InChI is InChI=1S/C16H19NOS/c1-16(2,11-7-4-3-5-8-11)15-17-14-12(18)9-6-10-13(14)19-15/h3-5,7-8,12,18H,6,9-10H2,1-2H3. The van der Waals surface area contributed by atoms with Crippen LogP contribution in [0.1, 0.15) is 53.9 Å². The zero-order valence-corrected chi connectivity index (χ0v) is 12.2. The Morgan fingerprint density at radius 2 is 2.00 bits per heavy atom. The van der Waals surface area contributed by atoms with Gasteiger partial charge in [0.2, 0.25) is 0 Å². The summed E-state index contributed by atoms with van der Waals surface area (Å²) in [6.07, 6.45) is 2.62. The van der Waals surface area contributed by atoms with Crippen LogP contribution in [0.25, 0.3) is 0 Å². The van der Waals surface area contributed by atoms with Crippen LogP contribution in [0.3, 0.4) is 0 Å². The quantitative estimate of drug-likeness (QED) is 0.902. The van der Waals surface area contributed by atoms with Crippen molar-refractivity contribution in [2.45, 2.75) is 44.6 Å². The molecule has 1 unspecified atom stereocenters. The summed E-state index contributed by atoms with van der Waals surface area (Å²) in [6.45, 7) is 4.41. The molecule has 1 N–H and O–H groups in total. The predicted octanol–water partition coefficient (Wildman–Crippen LogP) is 3.84. The highest BCUT2D eigenvalue weighted by Crippen LogP contribution is 2.40. The summed E-state index contributed by atoms with van der Waals surface area (Å²) in [6, 6.07) is 10.5. The Balaban J connectivity index is 2.03. The molecule has 3 heteroatoms. The summed E-state index contributed by atoms with van der Waals surface area (Å²) in [5.74, 6) is 0. The summed E-state index contributed by atoms with van der Waals surface area (Å²) < 4.78 is 0. The molecule has 3 rings (SSSR count). The van der Waals surface area contributed by atoms with E-state index in [1.807, 2.05) is 6.07 Å². The molecule has 0 spiro atoms. The van der Waals surface area contributed by atoms with Gasteiger partial charge >= 0.3 is 0 Å². The molecule has 0 amide bonds. The molecule has 1 heterocycles. The lowest BCUT2D eigenvalue weighted by molar-refractivity contribution is 0.152. The molecule has 1 aromatic heterocycles. The van der Waals surface area contributed by atoms with Crippen LogP contribution in [0.15, 0.2) is 30.3 Å². The van der Waals surface area contributed by atoms with Gasteiger partial charge in [0.1, 0.15) is 5.01 Å². The molecular formula is C16H19NOS. The molecule has 0 radical (unpaired) electrons. The molecular weight excluding hydrogens is 254 g/mol. The Hall–Kier alpha value is -1.19. The number of rotatable bonds is 2. The fourth-order valence-electron chi connectivity index (χ4n) is 2.64. The molecule has 2 aromatic rings. The summed E-state index contributed by atoms with van der Waals surface area (Å²) in [5, 5.41) is 11.2. The topological polar surface area (TPSA) is 33.1 Å². The van der Waals surface area contributed by atoms with Gasteiger partial charge in [-0.25, -0.2) is 4.98 Å². The van der Waals surface area contributed by atoms with Gasteiger partial charge in [-0.15, -0.1) is 11.3 Å². The van der Waals surface area contributed by atoms with Gasteiger partial charge in [-0.3, -0.25) is 0 Å². The molecule has 0 fully saturated rings. The van der Waals surface area contributed by atoms with Crippen LogP contribution in [-0.4, -0.2) is 10.1 Å². The number of benzene rings is 1. The van der Waals surface area contributed by atoms with Crippen molar-refractivity contribution >= 4 is 11.3 Å². The van der Waals surface area contributed by atoms with E-state index >= 15 is 0 Å². The maximum atomic E-state index is 10.1. The zero-order chi connectivity index (χ0) is 13.5. The minimum atomic E-state index is -0.361. The summed E-state index contributed by atoms with van der Waals surface area (Å²) in [4.78, 5) is 6.02. The van der Waals surface area contributed by atoms with Crippen molar-refractivity contribution in [2.24, 2.45) is 0 Å². The van der Waals surface area contributed by atoms with Crippen LogP contribution >= 0.6 is 11.3 Å². The molecule has 100 valence electrons. The van der Waals surface area contributed by atoms with Crippen molar-refractivity contribution in [3.05, 3.63) is 51.5 Å². The first-order valence-electron chi connectivity index (χ1n) is 6.82. The van der Waals surface area contributed by atoms with Crippen LogP contribution in [0.4, 0.5) is 0 Å². The SMILES string of the molecule is CC(C)(c1ccccc1)c1nc2c(s1)CCCC2O. The van der Waals surface area contributed by atoms with E-state index < -0.39 is 0 Å². The number of fused-ring (bicyclic) bond motifs is 1. The maximum absolute atomic E-state index is 10.1. The predicted molar refractivity (Wildman–Crippen MR) is 78.6 cm³/mol. The van der Waals surface area contributed by atoms with E-state index in [9.17, 15) is 5.11 Å². The number of aliphatic hydroxyl groups excluding tert-OH is 1. The van der Waals surface area contributed by atoms with E-state index in [0.717, 1.165) is 30.0 Å². The van der Waals surface area contributed by atoms with Crippen molar-refractivity contribution < 1.29 is 5.11 Å². The number of aliphatic hydroxyl groups is 1. The second-order valence-electron chi connectivity index (χ2n) is 5.73. The van der Waals surface area contributed by atoms with E-state index in [4.69, 9.17) is 4.98 Å². The molecule has 1 aliphatic rings. The first-order chi connectivity index (χ1) is 9.09. The van der Waals surface area contributed by atoms with E-state index in [1.165, 1.54) is 10.4 Å². The summed E-state index contributed by atoms with van der Waals surface area (Å²) >= 11 is 1.77. The Bertz CT molecular complexity index is 574. The van der Waals surface area contributed by atoms with Gasteiger partial charge in [0.15, 0.2) is 0 Å². The molecule has 0 saturated carbocycles. The molecule has 0 saturated heterocycles. The monoisotopic (exact) mass is 273 g/mol. The van der Waals surface area contributed by atoms with Gasteiger partial charge in [0.05, 0.1) is 11.8 Å². The zero-order valence-electron chi connectivity index (χ0n) is 11.4. The second-order valence-corrected chi connectivity index (χ2v) is 6.81. The third kappa shape index (κ3) is 2.21. The largest absolute Gasteiger partial charge is 0.387 e. The smallest absolute Gasteiger partial charge is 0.103 e. The first kappa shape index (κ1) is 12.8. The Labute approximate surface area is 118 Å². The van der Waals surface area contributed by atoms with Gasteiger partial charge in [0.25, 0.3) is 0 Å². The lowest BCUT2D eigenvalue weighted by Gasteiger charge is -2.22. The third-order valence-electron chi connectivity index (χ3n) is 3.95. The highest BCUT2D eigenvalue weighted by atomic mass is 32.1. The molecule has 0 bridgehead atoms. The van der Waals surface area contributed by atoms with Crippen LogP contribution in [0.5, 0.6) is 0 Å². The van der Waals surface area contributed by atoms with Gasteiger partial charge in [-0.2, -0.15) is 0 Å². The van der Waals surface area contributed by atoms with E-state index in [1.54, 1.807) is 11.3 Å². The molecule has 19 heavy (non-hydrogen) atoms. The van der Waals surface area contributed by atoms with Gasteiger partial charge in [0, 0.05) is 10.3 Å². The minimum absolute atomic E-state index is 0.0943. The highest BCUT2D eigenvalue weighted by Gasteiger charge is 2.31. The molecule has 0 aliphatic heterocycles. The Morgan fingerprint density at radius 3 is 2.68 bits per heavy atom. The maximum Gasteiger partial charge on any atom is 0.103 e. The Morgan fingerprint density at radius 1 is 1.26 bits per heavy atom. The molecule has 1 aliphatic carbocycles. The van der Waals surface area contributed by atoms with Crippen molar-refractivity contribution in [1.29, 1.82) is 0 Å².